The second-order valence-corrected chi connectivity index (χ2v) is 7.57. The maximum Gasteiger partial charge on any atom is 0.272 e. The van der Waals surface area contributed by atoms with Crippen molar-refractivity contribution in [1.29, 1.82) is 0 Å². The Morgan fingerprint density at radius 1 is 1.36 bits per heavy atom. The Balaban J connectivity index is 1.59. The van der Waals surface area contributed by atoms with Crippen molar-refractivity contribution in [3.8, 4) is 11.3 Å². The predicted molar refractivity (Wildman–Crippen MR) is 96.2 cm³/mol. The highest BCUT2D eigenvalue weighted by Crippen LogP contribution is 2.51. The predicted octanol–water partition coefficient (Wildman–Crippen LogP) is 3.15. The number of aliphatic hydroxyl groups excluding tert-OH is 1. The molecule has 2 bridgehead atoms. The van der Waals surface area contributed by atoms with Gasteiger partial charge in [-0.25, -0.2) is 0 Å². The fraction of sp³-hybridized carbons (Fsp3) is 0.500. The van der Waals surface area contributed by atoms with Crippen LogP contribution >= 0.6 is 0 Å². The summed E-state index contributed by atoms with van der Waals surface area (Å²) >= 11 is 0. The zero-order valence-electron chi connectivity index (χ0n) is 14.8. The molecule has 0 saturated carbocycles. The summed E-state index contributed by atoms with van der Waals surface area (Å²) < 4.78 is 0. The van der Waals surface area contributed by atoms with Crippen LogP contribution in [0.4, 0.5) is 0 Å². The Labute approximate surface area is 148 Å². The van der Waals surface area contributed by atoms with Crippen molar-refractivity contribution in [2.24, 2.45) is 5.41 Å². The first kappa shape index (κ1) is 16.3. The van der Waals surface area contributed by atoms with E-state index in [-0.39, 0.29) is 30.0 Å². The van der Waals surface area contributed by atoms with Crippen LogP contribution in [0.3, 0.4) is 0 Å². The molecule has 0 unspecified atom stereocenters. The molecule has 2 aliphatic heterocycles. The molecule has 5 nitrogen and oxygen atoms in total. The molecule has 4 rings (SSSR count). The van der Waals surface area contributed by atoms with E-state index in [1.165, 1.54) is 5.56 Å². The Hall–Kier alpha value is -2.14. The summed E-state index contributed by atoms with van der Waals surface area (Å²) in [7, 11) is 0. The van der Waals surface area contributed by atoms with Gasteiger partial charge in [-0.2, -0.15) is 5.10 Å². The van der Waals surface area contributed by atoms with Crippen molar-refractivity contribution in [3.05, 3.63) is 41.6 Å². The van der Waals surface area contributed by atoms with Gasteiger partial charge in [0.1, 0.15) is 5.69 Å². The fourth-order valence-corrected chi connectivity index (χ4v) is 4.70. The van der Waals surface area contributed by atoms with Crippen LogP contribution in [-0.4, -0.2) is 44.8 Å². The molecule has 1 aromatic heterocycles. The average Bonchev–Trinajstić information content (AvgIpc) is 3.35. The maximum atomic E-state index is 13.1. The Bertz CT molecular complexity index is 776. The molecule has 132 valence electrons. The van der Waals surface area contributed by atoms with Crippen LogP contribution in [-0.2, 0) is 0 Å². The summed E-state index contributed by atoms with van der Waals surface area (Å²) in [4.78, 5) is 15.1. The number of H-pyrrole nitrogens is 1. The van der Waals surface area contributed by atoms with Crippen molar-refractivity contribution in [1.82, 2.24) is 15.1 Å². The quantitative estimate of drug-likeness (QED) is 0.899. The number of rotatable bonds is 4. The zero-order valence-corrected chi connectivity index (χ0v) is 14.8. The molecule has 3 heterocycles. The monoisotopic (exact) mass is 339 g/mol. The van der Waals surface area contributed by atoms with E-state index in [0.29, 0.717) is 5.69 Å². The van der Waals surface area contributed by atoms with Crippen LogP contribution in [0.5, 0.6) is 0 Å². The molecule has 2 saturated heterocycles. The number of nitrogens with zero attached hydrogens (tertiary/aromatic N) is 2. The Kier molecular flexibility index (Phi) is 3.91. The summed E-state index contributed by atoms with van der Waals surface area (Å²) in [5.41, 5.74) is 3.40. The first-order valence-electron chi connectivity index (χ1n) is 9.14. The number of aromatic amines is 1. The fourth-order valence-electron chi connectivity index (χ4n) is 4.70. The number of fused-ring (bicyclic) bond motifs is 2. The van der Waals surface area contributed by atoms with Crippen LogP contribution < -0.4 is 0 Å². The lowest BCUT2D eigenvalue weighted by Crippen LogP contribution is -2.42. The molecular formula is C20H25N3O2. The molecule has 2 N–H and O–H groups in total. The molecule has 0 spiro atoms. The second-order valence-electron chi connectivity index (χ2n) is 7.57. The first-order chi connectivity index (χ1) is 12.1. The van der Waals surface area contributed by atoms with Crippen molar-refractivity contribution in [2.75, 3.05) is 6.61 Å². The summed E-state index contributed by atoms with van der Waals surface area (Å²) in [5, 5.41) is 17.2. The van der Waals surface area contributed by atoms with Crippen LogP contribution in [0.15, 0.2) is 30.3 Å². The summed E-state index contributed by atoms with van der Waals surface area (Å²) in [6, 6.07) is 10.4. The van der Waals surface area contributed by atoms with E-state index < -0.39 is 0 Å². The molecule has 1 aromatic carbocycles. The van der Waals surface area contributed by atoms with Gasteiger partial charge in [0.15, 0.2) is 0 Å². The number of hydrogen-bond acceptors (Lipinski definition) is 3. The summed E-state index contributed by atoms with van der Waals surface area (Å²) in [6.45, 7) is 4.32. The van der Waals surface area contributed by atoms with E-state index in [1.54, 1.807) is 0 Å². The highest BCUT2D eigenvalue weighted by molar-refractivity contribution is 5.94. The highest BCUT2D eigenvalue weighted by atomic mass is 16.3. The zero-order chi connectivity index (χ0) is 17.6. The standard InChI is InChI=1S/C20H25N3O2/c1-3-20(12-24)11-15-8-9-18(20)23(15)19(25)17-10-16(21-22-17)14-6-4-13(2)5-7-14/h4-7,10,15,18,24H,3,8-9,11-12H2,1-2H3,(H,21,22)/t15-,18+,20-/m0/s1. The average molecular weight is 339 g/mol. The van der Waals surface area contributed by atoms with Gasteiger partial charge < -0.3 is 10.0 Å². The van der Waals surface area contributed by atoms with Gasteiger partial charge in [0.2, 0.25) is 0 Å². The van der Waals surface area contributed by atoms with Gasteiger partial charge in [0, 0.05) is 23.1 Å². The Morgan fingerprint density at radius 3 is 2.76 bits per heavy atom. The number of hydrogen-bond donors (Lipinski definition) is 2. The number of carbonyl (C=O) groups excluding carboxylic acids is 1. The van der Waals surface area contributed by atoms with Gasteiger partial charge in [-0.15, -0.1) is 0 Å². The number of carbonyl (C=O) groups is 1. The van der Waals surface area contributed by atoms with Crippen molar-refractivity contribution < 1.29 is 9.90 Å². The molecule has 3 atom stereocenters. The lowest BCUT2D eigenvalue weighted by atomic mass is 9.72. The minimum absolute atomic E-state index is 0.0159. The van der Waals surface area contributed by atoms with Crippen LogP contribution in [0.25, 0.3) is 11.3 Å². The van der Waals surface area contributed by atoms with Crippen LogP contribution in [0.2, 0.25) is 0 Å². The second kappa shape index (κ2) is 5.99. The summed E-state index contributed by atoms with van der Waals surface area (Å²) in [5.74, 6) is 0.0159. The topological polar surface area (TPSA) is 69.2 Å². The lowest BCUT2D eigenvalue weighted by molar-refractivity contribution is 0.0552. The minimum atomic E-state index is -0.127. The number of aryl methyl sites for hydroxylation is 1. The molecule has 0 radical (unpaired) electrons. The van der Waals surface area contributed by atoms with Crippen molar-refractivity contribution >= 4 is 5.91 Å². The molecule has 5 heteroatoms. The molecule has 25 heavy (non-hydrogen) atoms. The van der Waals surface area contributed by atoms with Crippen molar-refractivity contribution in [3.63, 3.8) is 0 Å². The number of aliphatic hydroxyl groups is 1. The van der Waals surface area contributed by atoms with E-state index in [4.69, 9.17) is 0 Å². The lowest BCUT2D eigenvalue weighted by Gasteiger charge is -2.34. The molecule has 2 fully saturated rings. The van der Waals surface area contributed by atoms with Gasteiger partial charge in [0.25, 0.3) is 5.91 Å². The van der Waals surface area contributed by atoms with E-state index in [2.05, 4.69) is 17.1 Å². The van der Waals surface area contributed by atoms with Crippen LogP contribution in [0.1, 0.15) is 48.7 Å². The molecule has 2 aromatic rings. The third kappa shape index (κ3) is 2.49. The summed E-state index contributed by atoms with van der Waals surface area (Å²) in [6.07, 6.45) is 3.85. The maximum absolute atomic E-state index is 13.1. The first-order valence-corrected chi connectivity index (χ1v) is 9.14. The smallest absolute Gasteiger partial charge is 0.272 e. The Morgan fingerprint density at radius 2 is 2.12 bits per heavy atom. The van der Waals surface area contributed by atoms with E-state index in [0.717, 1.165) is 36.9 Å². The van der Waals surface area contributed by atoms with Gasteiger partial charge in [-0.05, 0) is 38.7 Å². The van der Waals surface area contributed by atoms with Gasteiger partial charge in [-0.1, -0.05) is 36.8 Å². The van der Waals surface area contributed by atoms with E-state index >= 15 is 0 Å². The van der Waals surface area contributed by atoms with Gasteiger partial charge in [0.05, 0.1) is 12.3 Å². The third-order valence-electron chi connectivity index (χ3n) is 6.26. The van der Waals surface area contributed by atoms with Gasteiger partial charge >= 0.3 is 0 Å². The van der Waals surface area contributed by atoms with Gasteiger partial charge in [-0.3, -0.25) is 9.89 Å². The van der Waals surface area contributed by atoms with Crippen molar-refractivity contribution in [2.45, 2.75) is 51.6 Å². The number of amides is 1. The van der Waals surface area contributed by atoms with E-state index in [9.17, 15) is 9.90 Å². The molecule has 0 aliphatic carbocycles. The third-order valence-corrected chi connectivity index (χ3v) is 6.26. The number of benzene rings is 1. The molecule has 2 aliphatic rings. The SMILES string of the molecule is CC[C@@]1(CO)C[C@@H]2CC[C@H]1N2C(=O)c1cc(-c2ccc(C)cc2)n[nH]1. The number of nitrogens with one attached hydrogen (secondary N) is 1. The molecular weight excluding hydrogens is 314 g/mol. The normalized spacial score (nSPS) is 27.9. The van der Waals surface area contributed by atoms with Crippen LogP contribution in [0, 0.1) is 12.3 Å². The largest absolute Gasteiger partial charge is 0.396 e. The van der Waals surface area contributed by atoms with E-state index in [1.807, 2.05) is 42.2 Å². The molecule has 1 amide bonds. The highest BCUT2D eigenvalue weighted by Gasteiger charge is 2.56. The number of aromatic nitrogens is 2. The minimum Gasteiger partial charge on any atom is -0.396 e.